The SMILES string of the molecule is CC1(C)CCCC1C(CC1Cc2ccccc21)NN. The van der Waals surface area contributed by atoms with Crippen molar-refractivity contribution in [1.82, 2.24) is 5.43 Å². The summed E-state index contributed by atoms with van der Waals surface area (Å²) in [7, 11) is 0. The zero-order valence-electron chi connectivity index (χ0n) is 12.2. The lowest BCUT2D eigenvalue weighted by Crippen LogP contribution is -2.46. The van der Waals surface area contributed by atoms with Crippen LogP contribution in [0.2, 0.25) is 0 Å². The summed E-state index contributed by atoms with van der Waals surface area (Å²) in [5.74, 6) is 7.31. The molecule has 0 spiro atoms. The molecule has 3 rings (SSSR count). The maximum absolute atomic E-state index is 5.87. The number of hydrogen-bond acceptors (Lipinski definition) is 2. The van der Waals surface area contributed by atoms with E-state index < -0.39 is 0 Å². The van der Waals surface area contributed by atoms with E-state index in [9.17, 15) is 0 Å². The minimum Gasteiger partial charge on any atom is -0.271 e. The number of nitrogens with one attached hydrogen (secondary N) is 1. The van der Waals surface area contributed by atoms with Crippen molar-refractivity contribution >= 4 is 0 Å². The first kappa shape index (κ1) is 13.1. The highest BCUT2D eigenvalue weighted by atomic mass is 15.2. The Labute approximate surface area is 116 Å². The molecular weight excluding hydrogens is 232 g/mol. The van der Waals surface area contributed by atoms with E-state index in [1.807, 2.05) is 0 Å². The molecule has 0 bridgehead atoms. The van der Waals surface area contributed by atoms with Crippen LogP contribution in [0.1, 0.15) is 56.6 Å². The van der Waals surface area contributed by atoms with Crippen LogP contribution in [0.3, 0.4) is 0 Å². The molecule has 1 saturated carbocycles. The number of nitrogens with two attached hydrogens (primary N) is 1. The van der Waals surface area contributed by atoms with Gasteiger partial charge in [0, 0.05) is 6.04 Å². The van der Waals surface area contributed by atoms with Gasteiger partial charge in [0.1, 0.15) is 0 Å². The molecule has 104 valence electrons. The molecule has 0 amide bonds. The van der Waals surface area contributed by atoms with Crippen LogP contribution in [0.15, 0.2) is 24.3 Å². The fourth-order valence-corrected chi connectivity index (χ4v) is 4.33. The molecule has 2 aliphatic rings. The van der Waals surface area contributed by atoms with Crippen molar-refractivity contribution in [3.63, 3.8) is 0 Å². The van der Waals surface area contributed by atoms with Crippen molar-refractivity contribution < 1.29 is 0 Å². The van der Waals surface area contributed by atoms with Gasteiger partial charge in [-0.25, -0.2) is 0 Å². The van der Waals surface area contributed by atoms with E-state index in [1.54, 1.807) is 5.56 Å². The van der Waals surface area contributed by atoms with Crippen LogP contribution >= 0.6 is 0 Å². The molecular formula is C17H26N2. The minimum absolute atomic E-state index is 0.445. The van der Waals surface area contributed by atoms with Gasteiger partial charge in [-0.2, -0.15) is 0 Å². The summed E-state index contributed by atoms with van der Waals surface area (Å²) in [5, 5.41) is 0. The van der Waals surface area contributed by atoms with Crippen LogP contribution in [0, 0.1) is 11.3 Å². The third-order valence-electron chi connectivity index (χ3n) is 5.54. The quantitative estimate of drug-likeness (QED) is 0.642. The van der Waals surface area contributed by atoms with Crippen LogP contribution < -0.4 is 11.3 Å². The van der Waals surface area contributed by atoms with Crippen LogP contribution in [0.25, 0.3) is 0 Å². The normalized spacial score (nSPS) is 29.6. The lowest BCUT2D eigenvalue weighted by atomic mass is 9.69. The Bertz CT molecular complexity index is 452. The van der Waals surface area contributed by atoms with Gasteiger partial charge in [-0.3, -0.25) is 11.3 Å². The van der Waals surface area contributed by atoms with Crippen LogP contribution in [-0.2, 0) is 6.42 Å². The van der Waals surface area contributed by atoms with E-state index in [1.165, 1.54) is 37.7 Å². The van der Waals surface area contributed by atoms with Gasteiger partial charge in [0.15, 0.2) is 0 Å². The van der Waals surface area contributed by atoms with E-state index in [4.69, 9.17) is 5.84 Å². The molecule has 1 fully saturated rings. The predicted molar refractivity (Wildman–Crippen MR) is 79.7 cm³/mol. The third kappa shape index (κ3) is 2.32. The van der Waals surface area contributed by atoms with Crippen molar-refractivity contribution in [1.29, 1.82) is 0 Å². The molecule has 3 unspecified atom stereocenters. The van der Waals surface area contributed by atoms with E-state index in [-0.39, 0.29) is 0 Å². The molecule has 3 atom stereocenters. The highest BCUT2D eigenvalue weighted by molar-refractivity contribution is 5.40. The summed E-state index contributed by atoms with van der Waals surface area (Å²) in [5.41, 5.74) is 6.66. The highest BCUT2D eigenvalue weighted by Crippen LogP contribution is 2.47. The first-order chi connectivity index (χ1) is 9.12. The third-order valence-corrected chi connectivity index (χ3v) is 5.54. The Kier molecular flexibility index (Phi) is 3.40. The zero-order valence-corrected chi connectivity index (χ0v) is 12.2. The number of hydrogen-bond donors (Lipinski definition) is 2. The second-order valence-electron chi connectivity index (χ2n) is 7.10. The smallest absolute Gasteiger partial charge is 0.0249 e. The molecule has 0 aliphatic heterocycles. The minimum atomic E-state index is 0.445. The van der Waals surface area contributed by atoms with Crippen molar-refractivity contribution in [2.75, 3.05) is 0 Å². The van der Waals surface area contributed by atoms with E-state index in [2.05, 4.69) is 43.5 Å². The number of fused-ring (bicyclic) bond motifs is 1. The zero-order chi connectivity index (χ0) is 13.5. The van der Waals surface area contributed by atoms with Gasteiger partial charge in [0.2, 0.25) is 0 Å². The number of hydrazine groups is 1. The van der Waals surface area contributed by atoms with Crippen LogP contribution in [-0.4, -0.2) is 6.04 Å². The van der Waals surface area contributed by atoms with E-state index in [0.717, 1.165) is 5.92 Å². The second kappa shape index (κ2) is 4.92. The monoisotopic (exact) mass is 258 g/mol. The Hall–Kier alpha value is -0.860. The molecule has 0 heterocycles. The molecule has 0 saturated heterocycles. The molecule has 2 nitrogen and oxygen atoms in total. The Morgan fingerprint density at radius 2 is 2.16 bits per heavy atom. The molecule has 1 aromatic rings. The average molecular weight is 258 g/mol. The molecule has 2 heteroatoms. The first-order valence-electron chi connectivity index (χ1n) is 7.66. The fourth-order valence-electron chi connectivity index (χ4n) is 4.33. The van der Waals surface area contributed by atoms with E-state index >= 15 is 0 Å². The maximum atomic E-state index is 5.87. The second-order valence-corrected chi connectivity index (χ2v) is 7.10. The standard InChI is InChI=1S/C17H26N2/c1-17(2)9-5-8-15(17)16(19-18)11-13-10-12-6-3-4-7-14(12)13/h3-4,6-7,13,15-16,19H,5,8-11,18H2,1-2H3. The molecule has 0 radical (unpaired) electrons. The van der Waals surface area contributed by atoms with E-state index in [0.29, 0.717) is 17.4 Å². The Morgan fingerprint density at radius 1 is 1.37 bits per heavy atom. The fraction of sp³-hybridized carbons (Fsp3) is 0.647. The van der Waals surface area contributed by atoms with Gasteiger partial charge < -0.3 is 0 Å². The summed E-state index contributed by atoms with van der Waals surface area (Å²) in [6.07, 6.45) is 6.47. The Morgan fingerprint density at radius 3 is 2.79 bits per heavy atom. The van der Waals surface area contributed by atoms with Crippen molar-refractivity contribution in [3.05, 3.63) is 35.4 Å². The Balaban J connectivity index is 1.69. The molecule has 0 aromatic heterocycles. The number of rotatable bonds is 4. The summed E-state index contributed by atoms with van der Waals surface area (Å²) in [6, 6.07) is 9.33. The molecule has 19 heavy (non-hydrogen) atoms. The van der Waals surface area contributed by atoms with Crippen molar-refractivity contribution in [2.24, 2.45) is 17.2 Å². The highest BCUT2D eigenvalue weighted by Gasteiger charge is 2.41. The van der Waals surface area contributed by atoms with Gasteiger partial charge in [-0.1, -0.05) is 44.5 Å². The van der Waals surface area contributed by atoms with Crippen molar-refractivity contribution in [2.45, 2.75) is 57.9 Å². The van der Waals surface area contributed by atoms with Crippen molar-refractivity contribution in [3.8, 4) is 0 Å². The summed E-state index contributed by atoms with van der Waals surface area (Å²) >= 11 is 0. The van der Waals surface area contributed by atoms with Gasteiger partial charge in [0.05, 0.1) is 0 Å². The lowest BCUT2D eigenvalue weighted by Gasteiger charge is -2.39. The van der Waals surface area contributed by atoms with Gasteiger partial charge in [-0.15, -0.1) is 0 Å². The maximum Gasteiger partial charge on any atom is 0.0249 e. The largest absolute Gasteiger partial charge is 0.271 e. The number of benzene rings is 1. The summed E-state index contributed by atoms with van der Waals surface area (Å²) < 4.78 is 0. The van der Waals surface area contributed by atoms with Crippen LogP contribution in [0.5, 0.6) is 0 Å². The van der Waals surface area contributed by atoms with Gasteiger partial charge >= 0.3 is 0 Å². The topological polar surface area (TPSA) is 38.0 Å². The molecule has 1 aromatic carbocycles. The summed E-state index contributed by atoms with van der Waals surface area (Å²) in [6.45, 7) is 4.81. The predicted octanol–water partition coefficient (Wildman–Crippen LogP) is 3.37. The lowest BCUT2D eigenvalue weighted by molar-refractivity contribution is 0.181. The molecule has 3 N–H and O–H groups in total. The summed E-state index contributed by atoms with van der Waals surface area (Å²) in [4.78, 5) is 0. The van der Waals surface area contributed by atoms with Gasteiger partial charge in [-0.05, 0) is 54.1 Å². The van der Waals surface area contributed by atoms with Gasteiger partial charge in [0.25, 0.3) is 0 Å². The average Bonchev–Trinajstić information content (AvgIpc) is 2.71. The molecule has 2 aliphatic carbocycles. The van der Waals surface area contributed by atoms with Crippen LogP contribution in [0.4, 0.5) is 0 Å². The first-order valence-corrected chi connectivity index (χ1v) is 7.66.